The van der Waals surface area contributed by atoms with Crippen LogP contribution in [-0.2, 0) is 11.2 Å². The van der Waals surface area contributed by atoms with Crippen molar-refractivity contribution in [1.82, 2.24) is 0 Å². The normalized spacial score (nSPS) is 24.1. The van der Waals surface area contributed by atoms with Crippen LogP contribution in [0.1, 0.15) is 56.6 Å². The Hall–Kier alpha value is -1.06. The maximum atomic E-state index is 12.8. The van der Waals surface area contributed by atoms with Gasteiger partial charge in [0.05, 0.1) is 0 Å². The summed E-state index contributed by atoms with van der Waals surface area (Å²) in [6.07, 6.45) is 4.96. The third-order valence-corrected chi connectivity index (χ3v) is 4.98. The number of hydrogen-bond acceptors (Lipinski definition) is 2. The van der Waals surface area contributed by atoms with Gasteiger partial charge in [0, 0.05) is 24.2 Å². The number of rotatable bonds is 2. The monoisotopic (exact) mass is 322 g/mol. The lowest BCUT2D eigenvalue weighted by atomic mass is 9.93. The molecule has 0 saturated heterocycles. The highest BCUT2D eigenvalue weighted by Crippen LogP contribution is 2.34. The van der Waals surface area contributed by atoms with Gasteiger partial charge >= 0.3 is 0 Å². The third-order valence-electron chi connectivity index (χ3n) is 4.98. The van der Waals surface area contributed by atoms with Crippen molar-refractivity contribution >= 4 is 24.0 Å². The highest BCUT2D eigenvalue weighted by Gasteiger charge is 2.33. The Balaban J connectivity index is 0.00000176. The van der Waals surface area contributed by atoms with Crippen LogP contribution in [0.25, 0.3) is 0 Å². The second-order valence-corrected chi connectivity index (χ2v) is 6.91. The number of nitrogens with two attached hydrogens (primary N) is 1. The van der Waals surface area contributed by atoms with E-state index < -0.39 is 0 Å². The van der Waals surface area contributed by atoms with E-state index in [9.17, 15) is 4.79 Å². The number of aryl methyl sites for hydroxylation is 1. The van der Waals surface area contributed by atoms with Crippen LogP contribution in [-0.4, -0.2) is 18.5 Å². The minimum atomic E-state index is 0. The number of anilines is 1. The molecule has 1 aromatic carbocycles. The van der Waals surface area contributed by atoms with Gasteiger partial charge in [-0.1, -0.05) is 26.0 Å². The minimum absolute atomic E-state index is 0. The second kappa shape index (κ2) is 7.01. The van der Waals surface area contributed by atoms with Crippen molar-refractivity contribution in [2.24, 2.45) is 11.7 Å². The largest absolute Gasteiger partial charge is 0.328 e. The van der Waals surface area contributed by atoms with E-state index in [1.807, 2.05) is 4.90 Å². The molecule has 1 heterocycles. The van der Waals surface area contributed by atoms with Crippen LogP contribution in [0.5, 0.6) is 0 Å². The lowest BCUT2D eigenvalue weighted by Crippen LogP contribution is -2.39. The molecule has 1 aliphatic heterocycles. The van der Waals surface area contributed by atoms with E-state index in [4.69, 9.17) is 5.73 Å². The fourth-order valence-corrected chi connectivity index (χ4v) is 3.67. The van der Waals surface area contributed by atoms with E-state index in [0.29, 0.717) is 11.8 Å². The van der Waals surface area contributed by atoms with Crippen molar-refractivity contribution in [3.8, 4) is 0 Å². The fraction of sp³-hybridized carbons (Fsp3) is 0.611. The van der Waals surface area contributed by atoms with Crippen molar-refractivity contribution in [2.75, 3.05) is 11.4 Å². The van der Waals surface area contributed by atoms with Gasteiger partial charge in [-0.3, -0.25) is 4.79 Å². The van der Waals surface area contributed by atoms with Crippen LogP contribution in [0, 0.1) is 5.92 Å². The molecule has 2 unspecified atom stereocenters. The van der Waals surface area contributed by atoms with E-state index in [-0.39, 0.29) is 24.4 Å². The summed E-state index contributed by atoms with van der Waals surface area (Å²) in [6.45, 7) is 5.29. The molecule has 4 heteroatoms. The predicted molar refractivity (Wildman–Crippen MR) is 93.8 cm³/mol. The molecule has 3 rings (SSSR count). The Morgan fingerprint density at radius 3 is 2.73 bits per heavy atom. The third kappa shape index (κ3) is 3.31. The van der Waals surface area contributed by atoms with Crippen LogP contribution in [0.2, 0.25) is 0 Å². The lowest BCUT2D eigenvalue weighted by Gasteiger charge is -2.32. The van der Waals surface area contributed by atoms with Gasteiger partial charge in [0.2, 0.25) is 5.91 Å². The summed E-state index contributed by atoms with van der Waals surface area (Å²) in [5, 5.41) is 0. The van der Waals surface area contributed by atoms with Crippen molar-refractivity contribution in [3.63, 3.8) is 0 Å². The number of carbonyl (C=O) groups excluding carboxylic acids is 1. The van der Waals surface area contributed by atoms with Gasteiger partial charge in [-0.2, -0.15) is 0 Å². The van der Waals surface area contributed by atoms with Gasteiger partial charge in [0.25, 0.3) is 0 Å². The van der Waals surface area contributed by atoms with E-state index >= 15 is 0 Å². The Labute approximate surface area is 139 Å². The molecule has 0 aromatic heterocycles. The summed E-state index contributed by atoms with van der Waals surface area (Å²) in [5.41, 5.74) is 9.81. The smallest absolute Gasteiger partial charge is 0.230 e. The molecule has 0 bridgehead atoms. The van der Waals surface area contributed by atoms with E-state index in [0.717, 1.165) is 44.3 Å². The summed E-state index contributed by atoms with van der Waals surface area (Å²) in [4.78, 5) is 14.8. The molecule has 1 amide bonds. The number of hydrogen-bond donors (Lipinski definition) is 1. The SMILES string of the molecule is CC(C)c1ccc2c(c1)CCCN2C(=O)C1CCC(N)C1.Cl. The first kappa shape index (κ1) is 17.3. The van der Waals surface area contributed by atoms with Crippen LogP contribution < -0.4 is 10.6 Å². The first-order valence-corrected chi connectivity index (χ1v) is 8.26. The first-order valence-electron chi connectivity index (χ1n) is 8.26. The van der Waals surface area contributed by atoms with Crippen molar-refractivity contribution in [1.29, 1.82) is 0 Å². The predicted octanol–water partition coefficient (Wildman–Crippen LogP) is 3.64. The Kier molecular flexibility index (Phi) is 5.51. The molecule has 122 valence electrons. The Bertz CT molecular complexity index is 544. The molecule has 1 fully saturated rings. The summed E-state index contributed by atoms with van der Waals surface area (Å²) < 4.78 is 0. The number of benzene rings is 1. The molecule has 22 heavy (non-hydrogen) atoms. The van der Waals surface area contributed by atoms with Crippen LogP contribution in [0.4, 0.5) is 5.69 Å². The van der Waals surface area contributed by atoms with E-state index in [2.05, 4.69) is 32.0 Å². The van der Waals surface area contributed by atoms with Gasteiger partial charge < -0.3 is 10.6 Å². The minimum Gasteiger partial charge on any atom is -0.328 e. The number of carbonyl (C=O) groups is 1. The molecule has 1 saturated carbocycles. The zero-order valence-corrected chi connectivity index (χ0v) is 14.4. The number of amides is 1. The topological polar surface area (TPSA) is 46.3 Å². The van der Waals surface area contributed by atoms with Gasteiger partial charge in [0.15, 0.2) is 0 Å². The fourth-order valence-electron chi connectivity index (χ4n) is 3.67. The highest BCUT2D eigenvalue weighted by molar-refractivity contribution is 5.96. The van der Waals surface area contributed by atoms with E-state index in [1.165, 1.54) is 11.1 Å². The van der Waals surface area contributed by atoms with Gasteiger partial charge in [-0.25, -0.2) is 0 Å². The maximum Gasteiger partial charge on any atom is 0.230 e. The van der Waals surface area contributed by atoms with Crippen LogP contribution in [0.3, 0.4) is 0 Å². The van der Waals surface area contributed by atoms with Crippen LogP contribution >= 0.6 is 12.4 Å². The van der Waals surface area contributed by atoms with Crippen molar-refractivity contribution in [2.45, 2.75) is 57.9 Å². The summed E-state index contributed by atoms with van der Waals surface area (Å²) in [7, 11) is 0. The average Bonchev–Trinajstić information content (AvgIpc) is 2.91. The molecule has 3 nitrogen and oxygen atoms in total. The standard InChI is InChI=1S/C18H26N2O.ClH/c1-12(2)13-6-8-17-14(10-13)4-3-9-20(17)18(21)15-5-7-16(19)11-15;/h6,8,10,12,15-16H,3-5,7,9,11,19H2,1-2H3;1H. The average molecular weight is 323 g/mol. The number of halogens is 1. The molecule has 2 atom stereocenters. The molecular weight excluding hydrogens is 296 g/mol. The zero-order valence-electron chi connectivity index (χ0n) is 13.5. The maximum absolute atomic E-state index is 12.8. The molecule has 2 N–H and O–H groups in total. The lowest BCUT2D eigenvalue weighted by molar-refractivity contribution is -0.122. The summed E-state index contributed by atoms with van der Waals surface area (Å²) in [5.74, 6) is 0.964. The number of nitrogens with zero attached hydrogens (tertiary/aromatic N) is 1. The molecule has 0 spiro atoms. The Morgan fingerprint density at radius 1 is 1.32 bits per heavy atom. The quantitative estimate of drug-likeness (QED) is 0.903. The van der Waals surface area contributed by atoms with Crippen molar-refractivity contribution < 1.29 is 4.79 Å². The van der Waals surface area contributed by atoms with Gasteiger partial charge in [-0.15, -0.1) is 12.4 Å². The molecule has 1 aromatic rings. The molecular formula is C18H27ClN2O. The number of fused-ring (bicyclic) bond motifs is 1. The van der Waals surface area contributed by atoms with Gasteiger partial charge in [0.1, 0.15) is 0 Å². The molecule has 2 aliphatic rings. The second-order valence-electron chi connectivity index (χ2n) is 6.91. The van der Waals surface area contributed by atoms with Gasteiger partial charge in [-0.05, 0) is 55.2 Å². The molecule has 1 aliphatic carbocycles. The van der Waals surface area contributed by atoms with Crippen molar-refractivity contribution in [3.05, 3.63) is 29.3 Å². The zero-order chi connectivity index (χ0) is 15.0. The van der Waals surface area contributed by atoms with Crippen LogP contribution in [0.15, 0.2) is 18.2 Å². The van der Waals surface area contributed by atoms with E-state index in [1.54, 1.807) is 0 Å². The summed E-state index contributed by atoms with van der Waals surface area (Å²) in [6, 6.07) is 6.83. The molecule has 0 radical (unpaired) electrons. The summed E-state index contributed by atoms with van der Waals surface area (Å²) >= 11 is 0. The first-order chi connectivity index (χ1) is 10.1. The Morgan fingerprint density at radius 2 is 2.09 bits per heavy atom. The highest BCUT2D eigenvalue weighted by atomic mass is 35.5.